The number of anilines is 1. The van der Waals surface area contributed by atoms with Crippen molar-refractivity contribution in [2.75, 3.05) is 18.4 Å². The number of amides is 3. The van der Waals surface area contributed by atoms with Crippen LogP contribution < -0.4 is 11.1 Å². The molecule has 7 heteroatoms. The van der Waals surface area contributed by atoms with Crippen molar-refractivity contribution >= 4 is 17.6 Å². The van der Waals surface area contributed by atoms with E-state index in [-0.39, 0.29) is 17.9 Å². The summed E-state index contributed by atoms with van der Waals surface area (Å²) < 4.78 is 1.71. The molecule has 1 aromatic heterocycles. The minimum absolute atomic E-state index is 0.147. The van der Waals surface area contributed by atoms with Gasteiger partial charge in [-0.25, -0.2) is 9.48 Å². The van der Waals surface area contributed by atoms with Crippen LogP contribution in [0.2, 0.25) is 0 Å². The van der Waals surface area contributed by atoms with Gasteiger partial charge in [0.05, 0.1) is 23.8 Å². The number of para-hydroxylation sites is 1. The Morgan fingerprint density at radius 3 is 2.83 bits per heavy atom. The van der Waals surface area contributed by atoms with E-state index in [1.807, 2.05) is 30.3 Å². The van der Waals surface area contributed by atoms with Crippen molar-refractivity contribution in [2.24, 2.45) is 11.7 Å². The fourth-order valence-electron chi connectivity index (χ4n) is 3.01. The van der Waals surface area contributed by atoms with E-state index in [0.29, 0.717) is 25.2 Å². The molecule has 3 rings (SSSR count). The topological polar surface area (TPSA) is 93.2 Å². The Hall–Kier alpha value is -2.83. The number of aromatic nitrogens is 2. The van der Waals surface area contributed by atoms with Gasteiger partial charge in [-0.2, -0.15) is 5.10 Å². The number of carbonyl (C=O) groups is 2. The number of nitrogens with one attached hydrogen (secondary N) is 1. The molecule has 0 aliphatic carbocycles. The quantitative estimate of drug-likeness (QED) is 0.899. The normalized spacial score (nSPS) is 17.5. The Labute approximate surface area is 140 Å². The highest BCUT2D eigenvalue weighted by atomic mass is 16.2. The minimum Gasteiger partial charge on any atom is -0.370 e. The van der Waals surface area contributed by atoms with Crippen LogP contribution in [0.4, 0.5) is 10.5 Å². The number of urea groups is 1. The smallest absolute Gasteiger partial charge is 0.321 e. The van der Waals surface area contributed by atoms with E-state index in [1.54, 1.807) is 22.0 Å². The lowest BCUT2D eigenvalue weighted by molar-refractivity contribution is -0.119. The van der Waals surface area contributed by atoms with E-state index < -0.39 is 0 Å². The molecule has 0 spiro atoms. The van der Waals surface area contributed by atoms with Crippen molar-refractivity contribution in [3.8, 4) is 5.69 Å². The fourth-order valence-corrected chi connectivity index (χ4v) is 3.01. The van der Waals surface area contributed by atoms with E-state index in [1.165, 1.54) is 0 Å². The number of nitrogens with zero attached hydrogens (tertiary/aromatic N) is 3. The van der Waals surface area contributed by atoms with Crippen molar-refractivity contribution in [1.29, 1.82) is 0 Å². The van der Waals surface area contributed by atoms with Crippen molar-refractivity contribution in [2.45, 2.75) is 19.3 Å². The van der Waals surface area contributed by atoms with Crippen LogP contribution in [0.1, 0.15) is 19.3 Å². The summed E-state index contributed by atoms with van der Waals surface area (Å²) in [6.07, 6.45) is 5.54. The molecular formula is C17H21N5O2. The third-order valence-corrected chi connectivity index (χ3v) is 4.15. The molecule has 0 radical (unpaired) electrons. The molecule has 3 amide bonds. The Bertz CT molecular complexity index is 713. The Morgan fingerprint density at radius 2 is 2.08 bits per heavy atom. The number of nitrogens with two attached hydrogens (primary N) is 1. The summed E-state index contributed by atoms with van der Waals surface area (Å²) in [5.41, 5.74) is 6.83. The van der Waals surface area contributed by atoms with E-state index in [4.69, 9.17) is 5.73 Å². The zero-order valence-corrected chi connectivity index (χ0v) is 13.4. The van der Waals surface area contributed by atoms with Gasteiger partial charge in [-0.3, -0.25) is 4.79 Å². The Morgan fingerprint density at radius 1 is 1.29 bits per heavy atom. The monoisotopic (exact) mass is 327 g/mol. The summed E-state index contributed by atoms with van der Waals surface area (Å²) in [5, 5.41) is 7.12. The molecule has 24 heavy (non-hydrogen) atoms. The van der Waals surface area contributed by atoms with Crippen LogP contribution in [0.3, 0.4) is 0 Å². The highest BCUT2D eigenvalue weighted by Crippen LogP contribution is 2.20. The number of carbonyl (C=O) groups excluding carboxylic acids is 2. The van der Waals surface area contributed by atoms with Gasteiger partial charge in [-0.05, 0) is 30.9 Å². The zero-order chi connectivity index (χ0) is 16.9. The second-order valence-electron chi connectivity index (χ2n) is 6.06. The van der Waals surface area contributed by atoms with Gasteiger partial charge in [0.2, 0.25) is 5.91 Å². The van der Waals surface area contributed by atoms with Gasteiger partial charge in [0.1, 0.15) is 0 Å². The first kappa shape index (κ1) is 16.0. The van der Waals surface area contributed by atoms with Gasteiger partial charge < -0.3 is 16.0 Å². The Kier molecular flexibility index (Phi) is 4.79. The van der Waals surface area contributed by atoms with Gasteiger partial charge in [-0.15, -0.1) is 0 Å². The van der Waals surface area contributed by atoms with Crippen LogP contribution in [-0.2, 0) is 4.79 Å². The molecule has 1 aromatic carbocycles. The third kappa shape index (κ3) is 3.92. The number of hydrogen-bond donors (Lipinski definition) is 2. The largest absolute Gasteiger partial charge is 0.370 e. The summed E-state index contributed by atoms with van der Waals surface area (Å²) in [4.78, 5) is 25.2. The van der Waals surface area contributed by atoms with Crippen LogP contribution in [-0.4, -0.2) is 39.7 Å². The molecule has 2 aromatic rings. The van der Waals surface area contributed by atoms with Crippen LogP contribution in [0, 0.1) is 5.92 Å². The van der Waals surface area contributed by atoms with Crippen molar-refractivity contribution in [3.63, 3.8) is 0 Å². The SMILES string of the molecule is NC(=O)C[C@@H]1CCCN(C(=O)Nc2cnn(-c3ccccc3)c2)C1. The highest BCUT2D eigenvalue weighted by Gasteiger charge is 2.25. The van der Waals surface area contributed by atoms with Gasteiger partial charge >= 0.3 is 6.03 Å². The second-order valence-corrected chi connectivity index (χ2v) is 6.06. The van der Waals surface area contributed by atoms with Gasteiger partial charge in [0.15, 0.2) is 0 Å². The predicted octanol–water partition coefficient (Wildman–Crippen LogP) is 1.99. The fraction of sp³-hybridized carbons (Fsp3) is 0.353. The third-order valence-electron chi connectivity index (χ3n) is 4.15. The molecule has 2 heterocycles. The summed E-state index contributed by atoms with van der Waals surface area (Å²) in [6, 6.07) is 9.52. The molecule has 1 saturated heterocycles. The van der Waals surface area contributed by atoms with Crippen molar-refractivity contribution < 1.29 is 9.59 Å². The average Bonchev–Trinajstić information content (AvgIpc) is 3.04. The van der Waals surface area contributed by atoms with E-state index in [9.17, 15) is 9.59 Å². The minimum atomic E-state index is -0.314. The van der Waals surface area contributed by atoms with Gasteiger partial charge in [0.25, 0.3) is 0 Å². The first-order valence-corrected chi connectivity index (χ1v) is 8.06. The second kappa shape index (κ2) is 7.16. The molecule has 1 fully saturated rings. The van der Waals surface area contributed by atoms with Crippen LogP contribution in [0.5, 0.6) is 0 Å². The average molecular weight is 327 g/mol. The number of hydrogen-bond acceptors (Lipinski definition) is 3. The predicted molar refractivity (Wildman–Crippen MR) is 90.7 cm³/mol. The molecule has 1 aliphatic heterocycles. The van der Waals surface area contributed by atoms with E-state index in [0.717, 1.165) is 18.5 Å². The molecule has 7 nitrogen and oxygen atoms in total. The van der Waals surface area contributed by atoms with Crippen LogP contribution in [0.15, 0.2) is 42.7 Å². The van der Waals surface area contributed by atoms with Crippen molar-refractivity contribution in [3.05, 3.63) is 42.7 Å². The maximum Gasteiger partial charge on any atom is 0.321 e. The van der Waals surface area contributed by atoms with Crippen LogP contribution in [0.25, 0.3) is 5.69 Å². The summed E-state index contributed by atoms with van der Waals surface area (Å²) >= 11 is 0. The molecule has 1 atom stereocenters. The first-order valence-electron chi connectivity index (χ1n) is 8.06. The lowest BCUT2D eigenvalue weighted by Crippen LogP contribution is -2.43. The zero-order valence-electron chi connectivity index (χ0n) is 13.4. The van der Waals surface area contributed by atoms with Crippen molar-refractivity contribution in [1.82, 2.24) is 14.7 Å². The molecular weight excluding hydrogens is 306 g/mol. The summed E-state index contributed by atoms with van der Waals surface area (Å²) in [5.74, 6) is -0.166. The molecule has 0 unspecified atom stereocenters. The molecule has 0 bridgehead atoms. The van der Waals surface area contributed by atoms with E-state index in [2.05, 4.69) is 10.4 Å². The molecule has 126 valence electrons. The maximum atomic E-state index is 12.4. The first-order chi connectivity index (χ1) is 11.6. The number of piperidine rings is 1. The highest BCUT2D eigenvalue weighted by molar-refractivity contribution is 5.89. The standard InChI is InChI=1S/C17H21N5O2/c18-16(23)9-13-5-4-8-21(11-13)17(24)20-14-10-19-22(12-14)15-6-2-1-3-7-15/h1-3,6-7,10,12-13H,4-5,8-9,11H2,(H2,18,23)(H,20,24)/t13-/m0/s1. The summed E-state index contributed by atoms with van der Waals surface area (Å²) in [6.45, 7) is 1.25. The van der Waals surface area contributed by atoms with E-state index >= 15 is 0 Å². The number of benzene rings is 1. The Balaban J connectivity index is 1.61. The molecule has 1 aliphatic rings. The summed E-state index contributed by atoms with van der Waals surface area (Å²) in [7, 11) is 0. The lowest BCUT2D eigenvalue weighted by Gasteiger charge is -2.32. The number of rotatable bonds is 4. The van der Waals surface area contributed by atoms with Gasteiger partial charge in [-0.1, -0.05) is 18.2 Å². The molecule has 0 saturated carbocycles. The maximum absolute atomic E-state index is 12.4. The number of primary amides is 1. The lowest BCUT2D eigenvalue weighted by atomic mass is 9.95. The van der Waals surface area contributed by atoms with Crippen LogP contribution >= 0.6 is 0 Å². The molecule has 3 N–H and O–H groups in total. The number of likely N-dealkylation sites (tertiary alicyclic amines) is 1. The van der Waals surface area contributed by atoms with Gasteiger partial charge in [0, 0.05) is 19.5 Å².